The summed E-state index contributed by atoms with van der Waals surface area (Å²) in [5.41, 5.74) is 1.80. The zero-order valence-corrected chi connectivity index (χ0v) is 16.8. The third kappa shape index (κ3) is 3.93. The van der Waals surface area contributed by atoms with Crippen LogP contribution in [0.25, 0.3) is 0 Å². The molecule has 0 spiro atoms. The molecule has 1 atom stereocenters. The molecule has 2 aromatic carbocycles. The average molecular weight is 409 g/mol. The van der Waals surface area contributed by atoms with Gasteiger partial charge in [0.25, 0.3) is 0 Å². The molecule has 0 N–H and O–H groups in total. The Kier molecular flexibility index (Phi) is 6.42. The number of halogens is 2. The van der Waals surface area contributed by atoms with Crippen molar-refractivity contribution < 1.29 is 28.1 Å². The van der Waals surface area contributed by atoms with Crippen LogP contribution in [0, 0.1) is 5.82 Å². The van der Waals surface area contributed by atoms with Crippen LogP contribution in [0.1, 0.15) is 29.0 Å². The zero-order valence-electron chi connectivity index (χ0n) is 16.0. The van der Waals surface area contributed by atoms with E-state index >= 15 is 0 Å². The fourth-order valence-electron chi connectivity index (χ4n) is 3.59. The topological polar surface area (TPSA) is 54.0 Å². The molecule has 0 saturated carbocycles. The number of ether oxygens (including phenoxy) is 4. The Balaban J connectivity index is 2.20. The number of methoxy groups -OCH3 is 3. The lowest BCUT2D eigenvalue weighted by atomic mass is 9.77. The Morgan fingerprint density at radius 1 is 1.11 bits per heavy atom. The van der Waals surface area contributed by atoms with Crippen LogP contribution >= 0.6 is 11.6 Å². The maximum Gasteiger partial charge on any atom is 0.203 e. The molecule has 5 nitrogen and oxygen atoms in total. The highest BCUT2D eigenvalue weighted by molar-refractivity contribution is 6.30. The van der Waals surface area contributed by atoms with Gasteiger partial charge in [-0.25, -0.2) is 4.39 Å². The Morgan fingerprint density at radius 3 is 2.57 bits per heavy atom. The van der Waals surface area contributed by atoms with Crippen molar-refractivity contribution in [3.05, 3.63) is 51.8 Å². The number of ketones is 1. The van der Waals surface area contributed by atoms with Crippen molar-refractivity contribution in [1.82, 2.24) is 0 Å². The van der Waals surface area contributed by atoms with E-state index in [1.54, 1.807) is 19.2 Å². The summed E-state index contributed by atoms with van der Waals surface area (Å²) < 4.78 is 36.6. The molecule has 0 aromatic heterocycles. The van der Waals surface area contributed by atoms with E-state index < -0.39 is 11.7 Å². The summed E-state index contributed by atoms with van der Waals surface area (Å²) in [5.74, 6) is 0.348. The predicted octanol–water partition coefficient (Wildman–Crippen LogP) is 4.17. The van der Waals surface area contributed by atoms with E-state index in [2.05, 4.69) is 0 Å². The van der Waals surface area contributed by atoms with Gasteiger partial charge in [-0.05, 0) is 35.4 Å². The fourth-order valence-corrected chi connectivity index (χ4v) is 3.77. The van der Waals surface area contributed by atoms with Gasteiger partial charge >= 0.3 is 0 Å². The predicted molar refractivity (Wildman–Crippen MR) is 103 cm³/mol. The number of rotatable bonds is 7. The van der Waals surface area contributed by atoms with Gasteiger partial charge in [0.1, 0.15) is 18.2 Å². The smallest absolute Gasteiger partial charge is 0.203 e. The second-order valence-corrected chi connectivity index (χ2v) is 6.93. The van der Waals surface area contributed by atoms with Gasteiger partial charge in [-0.3, -0.25) is 4.79 Å². The van der Waals surface area contributed by atoms with E-state index in [1.807, 2.05) is 0 Å². The van der Waals surface area contributed by atoms with E-state index in [0.717, 1.165) is 11.1 Å². The summed E-state index contributed by atoms with van der Waals surface area (Å²) in [6.07, 6.45) is 0.379. The highest BCUT2D eigenvalue weighted by Gasteiger charge is 2.34. The van der Waals surface area contributed by atoms with Crippen molar-refractivity contribution in [1.29, 1.82) is 0 Å². The van der Waals surface area contributed by atoms with E-state index in [9.17, 15) is 9.18 Å². The van der Waals surface area contributed by atoms with Gasteiger partial charge in [0.2, 0.25) is 5.75 Å². The molecule has 0 amide bonds. The summed E-state index contributed by atoms with van der Waals surface area (Å²) in [6.45, 7) is 0.672. The molecular formula is C21H22ClFO5. The van der Waals surface area contributed by atoms with Crippen LogP contribution in [0.3, 0.4) is 0 Å². The Bertz CT molecular complexity index is 884. The lowest BCUT2D eigenvalue weighted by molar-refractivity contribution is -0.119. The average Bonchev–Trinajstić information content (AvgIpc) is 2.68. The highest BCUT2D eigenvalue weighted by Crippen LogP contribution is 2.50. The molecule has 0 bridgehead atoms. The van der Waals surface area contributed by atoms with Gasteiger partial charge in [0, 0.05) is 36.5 Å². The minimum absolute atomic E-state index is 0.00836. The highest BCUT2D eigenvalue weighted by atomic mass is 35.5. The Hall–Kier alpha value is -2.31. The first kappa shape index (κ1) is 20.4. The standard InChI is InChI=1S/C21H22ClFO5/c1-25-6-7-28-20-18(26-2)9-12-8-14(24)11-16(19(12)21(20)27-3)15-10-13(22)4-5-17(15)23/h4-5,9-10,16H,6-8,11H2,1-3H3. The van der Waals surface area contributed by atoms with Crippen LogP contribution in [-0.2, 0) is 16.0 Å². The molecule has 0 aliphatic heterocycles. The number of carbonyl (C=O) groups is 1. The maximum absolute atomic E-state index is 14.6. The lowest BCUT2D eigenvalue weighted by Crippen LogP contribution is -2.22. The molecule has 1 aliphatic rings. The molecule has 150 valence electrons. The van der Waals surface area contributed by atoms with Crippen molar-refractivity contribution in [2.75, 3.05) is 34.5 Å². The maximum atomic E-state index is 14.6. The molecule has 1 aliphatic carbocycles. The van der Waals surface area contributed by atoms with Crippen molar-refractivity contribution >= 4 is 17.4 Å². The number of benzene rings is 2. The molecule has 0 heterocycles. The fraction of sp³-hybridized carbons (Fsp3) is 0.381. The van der Waals surface area contributed by atoms with Crippen LogP contribution in [0.15, 0.2) is 24.3 Å². The Morgan fingerprint density at radius 2 is 1.89 bits per heavy atom. The molecular weight excluding hydrogens is 387 g/mol. The minimum Gasteiger partial charge on any atom is -0.493 e. The molecule has 1 unspecified atom stereocenters. The van der Waals surface area contributed by atoms with Crippen LogP contribution in [0.4, 0.5) is 4.39 Å². The molecule has 0 radical (unpaired) electrons. The van der Waals surface area contributed by atoms with E-state index in [-0.39, 0.29) is 25.2 Å². The number of Topliss-reactive ketones (excluding diaryl/α,β-unsaturated/α-hetero) is 1. The number of hydrogen-bond donors (Lipinski definition) is 0. The minimum atomic E-state index is -0.527. The van der Waals surface area contributed by atoms with Gasteiger partial charge in [0.05, 0.1) is 20.8 Å². The van der Waals surface area contributed by atoms with Gasteiger partial charge in [-0.2, -0.15) is 0 Å². The van der Waals surface area contributed by atoms with Gasteiger partial charge < -0.3 is 18.9 Å². The molecule has 0 fully saturated rings. The number of carbonyl (C=O) groups excluding carboxylic acids is 1. The van der Waals surface area contributed by atoms with E-state index in [1.165, 1.54) is 26.4 Å². The lowest BCUT2D eigenvalue weighted by Gasteiger charge is -2.29. The summed E-state index contributed by atoms with van der Waals surface area (Å²) in [5, 5.41) is 0.403. The van der Waals surface area contributed by atoms with Crippen molar-refractivity contribution in [3.63, 3.8) is 0 Å². The second kappa shape index (κ2) is 8.80. The summed E-state index contributed by atoms with van der Waals surface area (Å²) in [7, 11) is 4.61. The molecule has 0 saturated heterocycles. The SMILES string of the molecule is COCCOc1c(OC)cc2c(c1OC)C(c1cc(Cl)ccc1F)CC(=O)C2. The number of hydrogen-bond acceptors (Lipinski definition) is 5. The van der Waals surface area contributed by atoms with Crippen molar-refractivity contribution in [2.45, 2.75) is 18.8 Å². The number of fused-ring (bicyclic) bond motifs is 1. The molecule has 3 rings (SSSR count). The summed E-state index contributed by atoms with van der Waals surface area (Å²) in [6, 6.07) is 6.10. The van der Waals surface area contributed by atoms with Crippen LogP contribution in [-0.4, -0.2) is 40.3 Å². The molecule has 2 aromatic rings. The van der Waals surface area contributed by atoms with Crippen LogP contribution in [0.5, 0.6) is 17.2 Å². The first-order valence-corrected chi connectivity index (χ1v) is 9.24. The molecule has 7 heteroatoms. The molecule has 28 heavy (non-hydrogen) atoms. The quantitative estimate of drug-likeness (QED) is 0.643. The van der Waals surface area contributed by atoms with Gasteiger partial charge in [0.15, 0.2) is 11.5 Å². The summed E-state index contributed by atoms with van der Waals surface area (Å²) in [4.78, 5) is 12.4. The largest absolute Gasteiger partial charge is 0.493 e. The normalized spacial score (nSPS) is 15.9. The zero-order chi connectivity index (χ0) is 20.3. The second-order valence-electron chi connectivity index (χ2n) is 6.49. The van der Waals surface area contributed by atoms with Crippen molar-refractivity contribution in [2.24, 2.45) is 0 Å². The first-order chi connectivity index (χ1) is 13.5. The van der Waals surface area contributed by atoms with Crippen LogP contribution in [0.2, 0.25) is 5.02 Å². The van der Waals surface area contributed by atoms with E-state index in [4.69, 9.17) is 30.5 Å². The third-order valence-corrected chi connectivity index (χ3v) is 5.02. The monoisotopic (exact) mass is 408 g/mol. The van der Waals surface area contributed by atoms with E-state index in [0.29, 0.717) is 34.4 Å². The first-order valence-electron chi connectivity index (χ1n) is 8.86. The van der Waals surface area contributed by atoms with Gasteiger partial charge in [-0.15, -0.1) is 0 Å². The van der Waals surface area contributed by atoms with Crippen LogP contribution < -0.4 is 14.2 Å². The van der Waals surface area contributed by atoms with Gasteiger partial charge in [-0.1, -0.05) is 11.6 Å². The Labute approximate surface area is 168 Å². The third-order valence-electron chi connectivity index (χ3n) is 4.79. The summed E-state index contributed by atoms with van der Waals surface area (Å²) >= 11 is 6.10. The van der Waals surface area contributed by atoms with Crippen molar-refractivity contribution in [3.8, 4) is 17.2 Å².